The van der Waals surface area contributed by atoms with Gasteiger partial charge < -0.3 is 21.3 Å². The molecular formula is C25H31N5O3. The van der Waals surface area contributed by atoms with E-state index in [0.29, 0.717) is 17.8 Å². The molecule has 4 atom stereocenters. The zero-order chi connectivity index (χ0) is 23.6. The number of rotatable bonds is 7. The van der Waals surface area contributed by atoms with Crippen molar-refractivity contribution in [2.45, 2.75) is 32.4 Å². The largest absolute Gasteiger partial charge is 0.398 e. The number of likely N-dealkylation sites (N-methyl/N-ethyl adjacent to an activating group) is 1. The molecule has 174 valence electrons. The van der Waals surface area contributed by atoms with Gasteiger partial charge in [0.05, 0.1) is 17.3 Å². The lowest BCUT2D eigenvalue weighted by molar-refractivity contribution is -0.127. The standard InChI is InChI=1S/C25H31N5O3/c1-25(22(31)18-7-3-4-8-19(18)26)20(23(32)28-14-16-9-11-27-12-10-16)21(25)24(33)29-17-6-5-13-30(2)15-17/h3-4,7-12,17,20-21H,5-6,13-15,26H2,1-2H3,(H,28,32)(H,29,33)/t17-,20+,21-,25-/m1/s1. The highest BCUT2D eigenvalue weighted by molar-refractivity contribution is 6.14. The predicted molar refractivity (Wildman–Crippen MR) is 125 cm³/mol. The number of carbonyl (C=O) groups is 3. The first kappa shape index (κ1) is 22.9. The molecule has 4 N–H and O–H groups in total. The number of nitrogens with one attached hydrogen (secondary N) is 2. The van der Waals surface area contributed by atoms with Gasteiger partial charge in [-0.1, -0.05) is 19.1 Å². The summed E-state index contributed by atoms with van der Waals surface area (Å²) < 4.78 is 0. The highest BCUT2D eigenvalue weighted by atomic mass is 16.2. The van der Waals surface area contributed by atoms with Gasteiger partial charge in [0.15, 0.2) is 5.78 Å². The molecule has 8 heteroatoms. The Bertz CT molecular complexity index is 1040. The summed E-state index contributed by atoms with van der Waals surface area (Å²) in [5.41, 5.74) is 6.49. The van der Waals surface area contributed by atoms with Gasteiger partial charge in [0.1, 0.15) is 0 Å². The quantitative estimate of drug-likeness (QED) is 0.437. The molecule has 2 fully saturated rings. The maximum absolute atomic E-state index is 13.5. The average Bonchev–Trinajstić information content (AvgIpc) is 3.45. The van der Waals surface area contributed by atoms with Crippen LogP contribution in [0.2, 0.25) is 0 Å². The number of piperidine rings is 1. The summed E-state index contributed by atoms with van der Waals surface area (Å²) in [5, 5.41) is 5.99. The third kappa shape index (κ3) is 4.61. The Balaban J connectivity index is 1.54. The molecule has 1 aromatic heterocycles. The van der Waals surface area contributed by atoms with Crippen molar-refractivity contribution in [3.63, 3.8) is 0 Å². The van der Waals surface area contributed by atoms with Crippen LogP contribution in [0.3, 0.4) is 0 Å². The molecule has 0 spiro atoms. The van der Waals surface area contributed by atoms with Crippen LogP contribution in [0.15, 0.2) is 48.8 Å². The number of benzene rings is 1. The average molecular weight is 450 g/mol. The van der Waals surface area contributed by atoms with E-state index in [4.69, 9.17) is 5.73 Å². The number of aromatic nitrogens is 1. The lowest BCUT2D eigenvalue weighted by Crippen LogP contribution is -2.47. The van der Waals surface area contributed by atoms with E-state index in [-0.39, 0.29) is 23.6 Å². The van der Waals surface area contributed by atoms with E-state index in [1.807, 2.05) is 19.2 Å². The number of hydrogen-bond acceptors (Lipinski definition) is 6. The predicted octanol–water partition coefficient (Wildman–Crippen LogP) is 1.63. The lowest BCUT2D eigenvalue weighted by atomic mass is 9.91. The van der Waals surface area contributed by atoms with Gasteiger partial charge in [-0.15, -0.1) is 0 Å². The Morgan fingerprint density at radius 2 is 1.82 bits per heavy atom. The van der Waals surface area contributed by atoms with Crippen molar-refractivity contribution in [3.05, 3.63) is 59.9 Å². The molecule has 2 amide bonds. The van der Waals surface area contributed by atoms with Crippen LogP contribution < -0.4 is 16.4 Å². The second kappa shape index (κ2) is 9.31. The van der Waals surface area contributed by atoms with E-state index >= 15 is 0 Å². The number of hydrogen-bond donors (Lipinski definition) is 3. The lowest BCUT2D eigenvalue weighted by Gasteiger charge is -2.30. The van der Waals surface area contributed by atoms with Gasteiger partial charge >= 0.3 is 0 Å². The van der Waals surface area contributed by atoms with Crippen LogP contribution in [0.5, 0.6) is 0 Å². The number of carbonyl (C=O) groups excluding carboxylic acids is 3. The normalized spacial score (nSPS) is 26.9. The van der Waals surface area contributed by atoms with Crippen LogP contribution in [-0.2, 0) is 16.1 Å². The smallest absolute Gasteiger partial charge is 0.225 e. The Morgan fingerprint density at radius 3 is 2.52 bits per heavy atom. The summed E-state index contributed by atoms with van der Waals surface area (Å²) in [6, 6.07) is 10.4. The Kier molecular flexibility index (Phi) is 6.47. The summed E-state index contributed by atoms with van der Waals surface area (Å²) in [6.45, 7) is 3.76. The van der Waals surface area contributed by atoms with E-state index in [1.54, 1.807) is 43.6 Å². The zero-order valence-corrected chi connectivity index (χ0v) is 19.1. The molecular weight excluding hydrogens is 418 g/mol. The molecule has 8 nitrogen and oxygen atoms in total. The number of amides is 2. The van der Waals surface area contributed by atoms with Crippen LogP contribution in [0.4, 0.5) is 5.69 Å². The van der Waals surface area contributed by atoms with E-state index in [1.165, 1.54) is 0 Å². The van der Waals surface area contributed by atoms with E-state index < -0.39 is 17.3 Å². The third-order valence-electron chi connectivity index (χ3n) is 6.96. The minimum atomic E-state index is -1.15. The molecule has 2 aromatic rings. The van der Waals surface area contributed by atoms with Crippen molar-refractivity contribution in [1.82, 2.24) is 20.5 Å². The van der Waals surface area contributed by atoms with Gasteiger partial charge in [-0.2, -0.15) is 0 Å². The van der Waals surface area contributed by atoms with Gasteiger partial charge in [-0.05, 0) is 56.3 Å². The molecule has 2 heterocycles. The minimum Gasteiger partial charge on any atom is -0.398 e. The van der Waals surface area contributed by atoms with E-state index in [9.17, 15) is 14.4 Å². The number of para-hydroxylation sites is 1. The van der Waals surface area contributed by atoms with Crippen molar-refractivity contribution in [2.24, 2.45) is 17.3 Å². The first-order chi connectivity index (χ1) is 15.8. The molecule has 0 bridgehead atoms. The number of nitrogens with zero attached hydrogens (tertiary/aromatic N) is 2. The fraction of sp³-hybridized carbons (Fsp3) is 0.440. The monoisotopic (exact) mass is 449 g/mol. The number of pyridine rings is 1. The summed E-state index contributed by atoms with van der Waals surface area (Å²) in [5.74, 6) is -2.32. The summed E-state index contributed by atoms with van der Waals surface area (Å²) in [6.07, 6.45) is 5.19. The zero-order valence-electron chi connectivity index (χ0n) is 19.1. The first-order valence-electron chi connectivity index (χ1n) is 11.4. The molecule has 1 aliphatic heterocycles. The molecule has 0 radical (unpaired) electrons. The van der Waals surface area contributed by atoms with Crippen LogP contribution in [0.1, 0.15) is 35.7 Å². The van der Waals surface area contributed by atoms with Gasteiger partial charge in [0, 0.05) is 42.8 Å². The van der Waals surface area contributed by atoms with Gasteiger partial charge in [0.25, 0.3) is 0 Å². The highest BCUT2D eigenvalue weighted by Gasteiger charge is 2.72. The SMILES string of the molecule is CN1CCC[C@@H](NC(=O)[C@H]2[C@@H](C(=O)NCc3ccncc3)[C@@]2(C)C(=O)c2ccccc2N)C1. The van der Waals surface area contributed by atoms with Crippen molar-refractivity contribution in [1.29, 1.82) is 0 Å². The van der Waals surface area contributed by atoms with Crippen molar-refractivity contribution in [3.8, 4) is 0 Å². The van der Waals surface area contributed by atoms with E-state index in [2.05, 4.69) is 20.5 Å². The Hall–Kier alpha value is -3.26. The Labute approximate surface area is 193 Å². The molecule has 1 saturated heterocycles. The highest BCUT2D eigenvalue weighted by Crippen LogP contribution is 2.60. The molecule has 4 rings (SSSR count). The number of Topliss-reactive ketones (excluding diaryl/α,β-unsaturated/α-hetero) is 1. The van der Waals surface area contributed by atoms with Crippen LogP contribution in [0.25, 0.3) is 0 Å². The second-order valence-electron chi connectivity index (χ2n) is 9.34. The number of likely N-dealkylation sites (tertiary alicyclic amines) is 1. The van der Waals surface area contributed by atoms with Gasteiger partial charge in [0.2, 0.25) is 11.8 Å². The third-order valence-corrected chi connectivity index (χ3v) is 6.96. The van der Waals surface area contributed by atoms with E-state index in [0.717, 1.165) is 31.5 Å². The number of anilines is 1. The molecule has 1 aromatic carbocycles. The van der Waals surface area contributed by atoms with Crippen molar-refractivity contribution >= 4 is 23.3 Å². The molecule has 0 unspecified atom stereocenters. The minimum absolute atomic E-state index is 0.0125. The molecule has 33 heavy (non-hydrogen) atoms. The van der Waals surface area contributed by atoms with Crippen molar-refractivity contribution in [2.75, 3.05) is 25.9 Å². The number of nitrogens with two attached hydrogens (primary N) is 1. The number of ketones is 1. The topological polar surface area (TPSA) is 117 Å². The first-order valence-corrected chi connectivity index (χ1v) is 11.4. The maximum Gasteiger partial charge on any atom is 0.225 e. The van der Waals surface area contributed by atoms with Crippen LogP contribution in [-0.4, -0.2) is 53.7 Å². The Morgan fingerprint density at radius 1 is 1.12 bits per heavy atom. The fourth-order valence-electron chi connectivity index (χ4n) is 5.01. The fourth-order valence-corrected chi connectivity index (χ4v) is 5.01. The summed E-state index contributed by atoms with van der Waals surface area (Å²) in [4.78, 5) is 46.2. The summed E-state index contributed by atoms with van der Waals surface area (Å²) >= 11 is 0. The molecule has 1 saturated carbocycles. The van der Waals surface area contributed by atoms with Crippen LogP contribution in [0, 0.1) is 17.3 Å². The summed E-state index contributed by atoms with van der Waals surface area (Å²) in [7, 11) is 2.02. The van der Waals surface area contributed by atoms with Crippen molar-refractivity contribution < 1.29 is 14.4 Å². The number of nitrogen functional groups attached to an aromatic ring is 1. The van der Waals surface area contributed by atoms with Crippen LogP contribution >= 0.6 is 0 Å². The van der Waals surface area contributed by atoms with Gasteiger partial charge in [-0.25, -0.2) is 0 Å². The molecule has 2 aliphatic rings. The maximum atomic E-state index is 13.5. The second-order valence-corrected chi connectivity index (χ2v) is 9.34. The van der Waals surface area contributed by atoms with Gasteiger partial charge in [-0.3, -0.25) is 19.4 Å². The molecule has 1 aliphatic carbocycles.